The van der Waals surface area contributed by atoms with Gasteiger partial charge in [0.2, 0.25) is 0 Å². The molecule has 0 unspecified atom stereocenters. The first kappa shape index (κ1) is 10.7. The van der Waals surface area contributed by atoms with Crippen LogP contribution in [0, 0.1) is 0 Å². The summed E-state index contributed by atoms with van der Waals surface area (Å²) in [5.41, 5.74) is 0.103. The van der Waals surface area contributed by atoms with Gasteiger partial charge in [0.05, 0.1) is 0 Å². The van der Waals surface area contributed by atoms with E-state index in [2.05, 4.69) is 38.7 Å². The van der Waals surface area contributed by atoms with E-state index in [9.17, 15) is 0 Å². The Morgan fingerprint density at radius 2 is 1.70 bits per heavy atom. The average Bonchev–Trinajstić information content (AvgIpc) is 1.60. The molecule has 0 aliphatic heterocycles. The topological polar surface area (TPSA) is 12.0 Å². The zero-order chi connectivity index (χ0) is 8.41. The van der Waals surface area contributed by atoms with Crippen molar-refractivity contribution < 1.29 is 0 Å². The monoisotopic (exact) mass is 183 g/mol. The predicted octanol–water partition coefficient (Wildman–Crippen LogP) is 2.15. The Bertz CT molecular complexity index is 107. The van der Waals surface area contributed by atoms with Gasteiger partial charge in [-0.05, 0) is 0 Å². The number of halogens is 1. The first-order chi connectivity index (χ1) is 4.27. The molecule has 1 nitrogen and oxygen atoms in total. The van der Waals surface area contributed by atoms with Crippen LogP contribution in [0.3, 0.4) is 0 Å². The molecule has 0 saturated carbocycles. The molecule has 0 aromatic rings. The molecule has 3 heteroatoms. The summed E-state index contributed by atoms with van der Waals surface area (Å²) in [5, 5.41) is 0. The predicted molar refractivity (Wildman–Crippen MR) is 54.0 cm³/mol. The molecule has 0 rings (SSSR count). The maximum absolute atomic E-state index is 5.57. The van der Waals surface area contributed by atoms with Crippen LogP contribution in [0.4, 0.5) is 0 Å². The van der Waals surface area contributed by atoms with E-state index in [-0.39, 0.29) is 5.54 Å². The summed E-state index contributed by atoms with van der Waals surface area (Å²) in [4.78, 5) is 2.80. The van der Waals surface area contributed by atoms with Gasteiger partial charge < -0.3 is 0 Å². The number of rotatable bonds is 3. The van der Waals surface area contributed by atoms with Crippen LogP contribution in [0.2, 0.25) is 0 Å². The Kier molecular flexibility index (Phi) is 3.61. The minimum atomic E-state index is -0.961. The molecule has 0 bridgehead atoms. The SMILES string of the molecule is CC(C)(C[PH](C)(C)C)NCl. The third kappa shape index (κ3) is 5.46. The summed E-state index contributed by atoms with van der Waals surface area (Å²) in [7, 11) is -0.961. The Morgan fingerprint density at radius 1 is 1.30 bits per heavy atom. The van der Waals surface area contributed by atoms with E-state index in [1.54, 1.807) is 0 Å². The Balaban J connectivity index is 3.89. The summed E-state index contributed by atoms with van der Waals surface area (Å²) < 4.78 is 0. The summed E-state index contributed by atoms with van der Waals surface area (Å²) in [6.45, 7) is 11.3. The van der Waals surface area contributed by atoms with Crippen molar-refractivity contribution in [1.29, 1.82) is 0 Å². The fourth-order valence-electron chi connectivity index (χ4n) is 1.36. The first-order valence-electron chi connectivity index (χ1n) is 3.65. The molecule has 10 heavy (non-hydrogen) atoms. The van der Waals surface area contributed by atoms with Gasteiger partial charge in [-0.2, -0.15) is 0 Å². The number of nitrogens with one attached hydrogen (secondary N) is 1. The molecule has 0 aliphatic carbocycles. The molecular weight excluding hydrogens is 165 g/mol. The molecule has 0 heterocycles. The van der Waals surface area contributed by atoms with Gasteiger partial charge in [0.25, 0.3) is 0 Å². The fraction of sp³-hybridized carbons (Fsp3) is 1.00. The molecule has 0 atom stereocenters. The zero-order valence-corrected chi connectivity index (χ0v) is 9.34. The van der Waals surface area contributed by atoms with Crippen LogP contribution in [-0.4, -0.2) is 31.7 Å². The third-order valence-electron chi connectivity index (χ3n) is 1.23. The molecule has 0 spiro atoms. The van der Waals surface area contributed by atoms with Crippen LogP contribution in [0.1, 0.15) is 13.8 Å². The van der Waals surface area contributed by atoms with Crippen molar-refractivity contribution in [3.63, 3.8) is 0 Å². The van der Waals surface area contributed by atoms with Gasteiger partial charge >= 0.3 is 69.4 Å². The number of hydrogen-bond donors (Lipinski definition) is 1. The first-order valence-corrected chi connectivity index (χ1v) is 7.73. The minimum absolute atomic E-state index is 0.103. The van der Waals surface area contributed by atoms with E-state index in [0.29, 0.717) is 0 Å². The molecule has 0 saturated heterocycles. The van der Waals surface area contributed by atoms with E-state index in [4.69, 9.17) is 11.8 Å². The normalized spacial score (nSPS) is 15.4. The zero-order valence-electron chi connectivity index (χ0n) is 7.59. The second kappa shape index (κ2) is 3.38. The summed E-state index contributed by atoms with van der Waals surface area (Å²) in [6.07, 6.45) is 1.21. The molecule has 0 aromatic carbocycles. The van der Waals surface area contributed by atoms with Crippen LogP contribution in [0.25, 0.3) is 0 Å². The van der Waals surface area contributed by atoms with Crippen molar-refractivity contribution in [1.82, 2.24) is 4.84 Å². The van der Waals surface area contributed by atoms with E-state index in [1.807, 2.05) is 0 Å². The molecule has 0 aliphatic rings. The van der Waals surface area contributed by atoms with Gasteiger partial charge in [0.1, 0.15) is 0 Å². The average molecular weight is 184 g/mol. The summed E-state index contributed by atoms with van der Waals surface area (Å²) >= 11 is 5.57. The standard InChI is InChI=1S/C7H19ClNP/c1-7(2,9-8)6-10(3,4)5/h9-10H,6H2,1-5H3. The van der Waals surface area contributed by atoms with Crippen molar-refractivity contribution >= 4 is 19.0 Å². The second-order valence-electron chi connectivity index (χ2n) is 4.72. The van der Waals surface area contributed by atoms with Gasteiger partial charge in [0.15, 0.2) is 0 Å². The molecule has 0 radical (unpaired) electrons. The Morgan fingerprint density at radius 3 is 1.80 bits per heavy atom. The van der Waals surface area contributed by atoms with E-state index >= 15 is 0 Å². The Labute approximate surface area is 70.0 Å². The van der Waals surface area contributed by atoms with Crippen LogP contribution < -0.4 is 4.84 Å². The van der Waals surface area contributed by atoms with Gasteiger partial charge in [-0.3, -0.25) is 0 Å². The molecule has 64 valence electrons. The quantitative estimate of drug-likeness (QED) is 0.522. The number of hydrogen-bond acceptors (Lipinski definition) is 1. The van der Waals surface area contributed by atoms with Crippen LogP contribution in [0.15, 0.2) is 0 Å². The summed E-state index contributed by atoms with van der Waals surface area (Å²) in [5.74, 6) is 0. The van der Waals surface area contributed by atoms with Crippen molar-refractivity contribution in [3.05, 3.63) is 0 Å². The van der Waals surface area contributed by atoms with Crippen LogP contribution in [-0.2, 0) is 0 Å². The van der Waals surface area contributed by atoms with Crippen molar-refractivity contribution in [3.8, 4) is 0 Å². The van der Waals surface area contributed by atoms with Crippen molar-refractivity contribution in [2.24, 2.45) is 0 Å². The molecule has 0 fully saturated rings. The Hall–Kier alpha value is 0.680. The third-order valence-corrected chi connectivity index (χ3v) is 3.68. The van der Waals surface area contributed by atoms with Gasteiger partial charge in [-0.1, -0.05) is 0 Å². The van der Waals surface area contributed by atoms with E-state index in [0.717, 1.165) is 0 Å². The van der Waals surface area contributed by atoms with Crippen LogP contribution in [0.5, 0.6) is 0 Å². The molecular formula is C7H19ClNP. The molecule has 0 aromatic heterocycles. The van der Waals surface area contributed by atoms with E-state index < -0.39 is 7.26 Å². The molecule has 0 amide bonds. The van der Waals surface area contributed by atoms with Gasteiger partial charge in [-0.15, -0.1) is 0 Å². The van der Waals surface area contributed by atoms with Crippen LogP contribution >= 0.6 is 19.0 Å². The maximum atomic E-state index is 5.57. The molecule has 1 N–H and O–H groups in total. The van der Waals surface area contributed by atoms with E-state index in [1.165, 1.54) is 6.16 Å². The van der Waals surface area contributed by atoms with Gasteiger partial charge in [0, 0.05) is 0 Å². The van der Waals surface area contributed by atoms with Crippen molar-refractivity contribution in [2.45, 2.75) is 19.4 Å². The van der Waals surface area contributed by atoms with Gasteiger partial charge in [-0.25, -0.2) is 0 Å². The summed E-state index contributed by atoms with van der Waals surface area (Å²) in [6, 6.07) is 0. The fourth-order valence-corrected chi connectivity index (χ4v) is 4.28. The second-order valence-corrected chi connectivity index (χ2v) is 10.4. The van der Waals surface area contributed by atoms with Crippen molar-refractivity contribution in [2.75, 3.05) is 26.2 Å².